The van der Waals surface area contributed by atoms with Crippen LogP contribution >= 0.6 is 11.3 Å². The van der Waals surface area contributed by atoms with Gasteiger partial charge in [0, 0.05) is 29.3 Å². The second-order valence-electron chi connectivity index (χ2n) is 5.94. The number of halogens is 1. The highest BCUT2D eigenvalue weighted by atomic mass is 79.9. The van der Waals surface area contributed by atoms with Gasteiger partial charge in [-0.2, -0.15) is 0 Å². The summed E-state index contributed by atoms with van der Waals surface area (Å²) in [6, 6.07) is 18.5. The highest BCUT2D eigenvalue weighted by molar-refractivity contribution is 7.13. The van der Waals surface area contributed by atoms with Crippen molar-refractivity contribution in [3.63, 3.8) is 0 Å². The Bertz CT molecular complexity index is 1070. The third-order valence-electron chi connectivity index (χ3n) is 4.36. The summed E-state index contributed by atoms with van der Waals surface area (Å²) in [5.74, 6) is 0. The Hall–Kier alpha value is -2.35. The van der Waals surface area contributed by atoms with E-state index >= 15 is 0 Å². The Labute approximate surface area is 172 Å². The number of thiazole rings is 1. The number of aromatic nitrogens is 2. The van der Waals surface area contributed by atoms with E-state index in [-0.39, 0.29) is 23.6 Å². The van der Waals surface area contributed by atoms with Crippen LogP contribution in [0, 0.1) is 0 Å². The maximum Gasteiger partial charge on any atom is 0.317 e. The SMILES string of the molecule is Cn1c(-c2ccccc2)c(N=N[c+]2sccn2CCO)c2ccccc21.[Br-]. The lowest BCUT2D eigenvalue weighted by Crippen LogP contribution is -3.00. The van der Waals surface area contributed by atoms with Crippen molar-refractivity contribution in [1.82, 2.24) is 9.13 Å². The molecule has 0 aliphatic carbocycles. The van der Waals surface area contributed by atoms with E-state index in [0.717, 1.165) is 33.0 Å². The second kappa shape index (κ2) is 8.56. The molecule has 0 aliphatic rings. The minimum absolute atomic E-state index is 0. The fraction of sp³-hybridized carbons (Fsp3) is 0.150. The lowest BCUT2D eigenvalue weighted by molar-refractivity contribution is -0.00000625. The highest BCUT2D eigenvalue weighted by Crippen LogP contribution is 2.40. The molecule has 2 aromatic heterocycles. The molecule has 4 rings (SSSR count). The molecule has 7 heteroatoms. The minimum atomic E-state index is 0. The Morgan fingerprint density at radius 2 is 1.81 bits per heavy atom. The number of aliphatic hydroxyl groups is 1. The first-order valence-corrected chi connectivity index (χ1v) is 9.30. The maximum atomic E-state index is 9.19. The first-order valence-electron chi connectivity index (χ1n) is 8.42. The number of azo groups is 1. The zero-order valence-electron chi connectivity index (χ0n) is 14.8. The summed E-state index contributed by atoms with van der Waals surface area (Å²) in [7, 11) is 2.06. The fourth-order valence-electron chi connectivity index (χ4n) is 3.15. The molecule has 27 heavy (non-hydrogen) atoms. The molecule has 0 aliphatic heterocycles. The molecule has 5 nitrogen and oxygen atoms in total. The topological polar surface area (TPSA) is 54.8 Å². The normalized spacial score (nSPS) is 11.2. The molecule has 2 aromatic carbocycles. The molecule has 0 bridgehead atoms. The smallest absolute Gasteiger partial charge is 0.317 e. The number of hydrogen-bond acceptors (Lipinski definition) is 4. The van der Waals surface area contributed by atoms with Crippen molar-refractivity contribution in [2.75, 3.05) is 6.61 Å². The van der Waals surface area contributed by atoms with Crippen LogP contribution < -0.4 is 17.0 Å². The zero-order valence-corrected chi connectivity index (χ0v) is 17.2. The summed E-state index contributed by atoms with van der Waals surface area (Å²) in [5.41, 5.74) is 4.13. The molecular formula is C20H19BrN4OS. The lowest BCUT2D eigenvalue weighted by Gasteiger charge is -2.05. The second-order valence-corrected chi connectivity index (χ2v) is 6.82. The van der Waals surface area contributed by atoms with E-state index < -0.39 is 0 Å². The summed E-state index contributed by atoms with van der Waals surface area (Å²) in [6.07, 6.45) is 1.91. The van der Waals surface area contributed by atoms with Crippen LogP contribution in [0.25, 0.3) is 22.2 Å². The number of benzene rings is 2. The van der Waals surface area contributed by atoms with Gasteiger partial charge in [0.2, 0.25) is 0 Å². The Morgan fingerprint density at radius 3 is 2.59 bits per heavy atom. The average Bonchev–Trinajstić information content (AvgIpc) is 3.23. The van der Waals surface area contributed by atoms with Gasteiger partial charge < -0.3 is 26.7 Å². The fourth-order valence-corrected chi connectivity index (χ4v) is 3.85. The number of nitrogens with zero attached hydrogens (tertiary/aromatic N) is 4. The van der Waals surface area contributed by atoms with E-state index in [4.69, 9.17) is 0 Å². The Morgan fingerprint density at radius 1 is 1.07 bits per heavy atom. The van der Waals surface area contributed by atoms with Crippen molar-refractivity contribution >= 4 is 33.1 Å². The third-order valence-corrected chi connectivity index (χ3v) is 5.15. The van der Waals surface area contributed by atoms with Gasteiger partial charge in [0.25, 0.3) is 0 Å². The van der Waals surface area contributed by atoms with Crippen LogP contribution in [0.1, 0.15) is 0 Å². The van der Waals surface area contributed by atoms with Gasteiger partial charge in [0.05, 0.1) is 24.4 Å². The van der Waals surface area contributed by atoms with E-state index in [0.29, 0.717) is 6.54 Å². The molecule has 4 aromatic rings. The van der Waals surface area contributed by atoms with Crippen LogP contribution in [-0.4, -0.2) is 20.8 Å². The molecule has 0 fully saturated rings. The summed E-state index contributed by atoms with van der Waals surface area (Å²) < 4.78 is 4.07. The third kappa shape index (κ3) is 3.71. The molecule has 0 saturated carbocycles. The van der Waals surface area contributed by atoms with E-state index in [1.165, 1.54) is 11.3 Å². The van der Waals surface area contributed by atoms with Gasteiger partial charge in [-0.15, -0.1) is 5.11 Å². The summed E-state index contributed by atoms with van der Waals surface area (Å²) in [6.45, 7) is 0.590. The van der Waals surface area contributed by atoms with Gasteiger partial charge in [-0.1, -0.05) is 48.5 Å². The number of aryl methyl sites for hydroxylation is 1. The molecule has 138 valence electrons. The minimum Gasteiger partial charge on any atom is -1.00 e. The van der Waals surface area contributed by atoms with Crippen molar-refractivity contribution in [2.24, 2.45) is 17.3 Å². The average molecular weight is 443 g/mol. The molecule has 2 heterocycles. The van der Waals surface area contributed by atoms with E-state index in [1.54, 1.807) is 0 Å². The van der Waals surface area contributed by atoms with E-state index in [1.807, 2.05) is 46.5 Å². The largest absolute Gasteiger partial charge is 1.00 e. The van der Waals surface area contributed by atoms with Gasteiger partial charge >= 0.3 is 5.13 Å². The summed E-state index contributed by atoms with van der Waals surface area (Å²) >= 11 is 1.51. The van der Waals surface area contributed by atoms with Gasteiger partial charge in [-0.05, 0) is 11.2 Å². The van der Waals surface area contributed by atoms with Gasteiger partial charge in [0.15, 0.2) is 11.6 Å². The summed E-state index contributed by atoms with van der Waals surface area (Å²) in [5, 5.41) is 22.1. The Balaban J connectivity index is 0.00000210. The molecule has 0 unspecified atom stereocenters. The maximum absolute atomic E-state index is 9.19. The molecule has 0 atom stereocenters. The van der Waals surface area contributed by atoms with Crippen LogP contribution in [0.2, 0.25) is 0 Å². The van der Waals surface area contributed by atoms with Gasteiger partial charge in [-0.25, -0.2) is 4.57 Å². The first kappa shape index (κ1) is 19.4. The first-order chi connectivity index (χ1) is 12.8. The molecule has 0 amide bonds. The van der Waals surface area contributed by atoms with Crippen LogP contribution in [0.4, 0.5) is 10.8 Å². The van der Waals surface area contributed by atoms with Crippen molar-refractivity contribution in [2.45, 2.75) is 6.54 Å². The molecule has 0 saturated heterocycles. The van der Waals surface area contributed by atoms with Crippen molar-refractivity contribution in [3.8, 4) is 11.3 Å². The van der Waals surface area contributed by atoms with E-state index in [9.17, 15) is 5.11 Å². The molecular weight excluding hydrogens is 424 g/mol. The number of rotatable bonds is 5. The van der Waals surface area contributed by atoms with Crippen molar-refractivity contribution in [3.05, 3.63) is 66.2 Å². The number of hydrogen-bond donors (Lipinski definition) is 1. The summed E-state index contributed by atoms with van der Waals surface area (Å²) in [4.78, 5) is 0. The molecule has 0 spiro atoms. The van der Waals surface area contributed by atoms with Crippen LogP contribution in [0.3, 0.4) is 0 Å². The van der Waals surface area contributed by atoms with E-state index in [2.05, 4.69) is 46.1 Å². The van der Waals surface area contributed by atoms with Crippen LogP contribution in [-0.2, 0) is 13.6 Å². The van der Waals surface area contributed by atoms with Crippen molar-refractivity contribution < 1.29 is 22.1 Å². The predicted molar refractivity (Wildman–Crippen MR) is 106 cm³/mol. The van der Waals surface area contributed by atoms with Crippen molar-refractivity contribution in [1.29, 1.82) is 0 Å². The number of para-hydroxylation sites is 1. The quantitative estimate of drug-likeness (QED) is 0.374. The standard InChI is InChI=1S/C20H19N4OS.BrH/c1-23-17-10-6-5-9-16(17)18(19(23)15-7-3-2-4-8-15)21-22-20-24(11-13-25)12-14-26-20;/h2-10,12,14,25H,11,13H2,1H3;1H/q+1;/p-1. The monoisotopic (exact) mass is 442 g/mol. The molecule has 0 radical (unpaired) electrons. The van der Waals surface area contributed by atoms with Gasteiger partial charge in [0.1, 0.15) is 5.69 Å². The lowest BCUT2D eigenvalue weighted by atomic mass is 10.1. The Kier molecular flexibility index (Phi) is 6.15. The van der Waals surface area contributed by atoms with Gasteiger partial charge in [-0.3, -0.25) is 0 Å². The highest BCUT2D eigenvalue weighted by Gasteiger charge is 2.17. The number of aliphatic hydroxyl groups excluding tert-OH is 1. The predicted octanol–water partition coefficient (Wildman–Crippen LogP) is 2.40. The van der Waals surface area contributed by atoms with Crippen LogP contribution in [0.5, 0.6) is 0 Å². The van der Waals surface area contributed by atoms with Crippen LogP contribution in [0.15, 0.2) is 76.4 Å². The zero-order chi connectivity index (χ0) is 17.9. The molecule has 1 N–H and O–H groups in total. The number of fused-ring (bicyclic) bond motifs is 1.